The molecule has 1 atom stereocenters. The summed E-state index contributed by atoms with van der Waals surface area (Å²) >= 11 is 0. The van der Waals surface area contributed by atoms with E-state index < -0.39 is 0 Å². The number of nitrogens with one attached hydrogen (secondary N) is 2. The number of para-hydroxylation sites is 1. The van der Waals surface area contributed by atoms with E-state index in [9.17, 15) is 4.79 Å². The van der Waals surface area contributed by atoms with Gasteiger partial charge in [0.05, 0.1) is 7.11 Å². The highest BCUT2D eigenvalue weighted by Gasteiger charge is 2.15. The van der Waals surface area contributed by atoms with Crippen molar-refractivity contribution in [2.75, 3.05) is 7.11 Å². The Morgan fingerprint density at radius 3 is 2.95 bits per heavy atom. The molecule has 7 nitrogen and oxygen atoms in total. The molecule has 100 valence electrons. The van der Waals surface area contributed by atoms with Gasteiger partial charge >= 0.3 is 0 Å². The fourth-order valence-corrected chi connectivity index (χ4v) is 1.80. The van der Waals surface area contributed by atoms with E-state index in [1.54, 1.807) is 7.11 Å². The average molecular weight is 261 g/mol. The van der Waals surface area contributed by atoms with Gasteiger partial charge in [0.2, 0.25) is 0 Å². The quantitative estimate of drug-likeness (QED) is 0.820. The Balaban J connectivity index is 1.97. The van der Waals surface area contributed by atoms with Crippen LogP contribution in [0.15, 0.2) is 24.3 Å². The number of hydrogen-bond donors (Lipinski definition) is 2. The molecule has 1 unspecified atom stereocenters. The van der Waals surface area contributed by atoms with Crippen LogP contribution in [0.25, 0.3) is 0 Å². The number of carbonyl (C=O) groups excluding carboxylic acids is 1. The molecule has 0 spiro atoms. The van der Waals surface area contributed by atoms with E-state index >= 15 is 0 Å². The minimum atomic E-state index is -0.351. The third-order valence-electron chi connectivity index (χ3n) is 2.64. The van der Waals surface area contributed by atoms with Gasteiger partial charge in [-0.05, 0) is 30.2 Å². The van der Waals surface area contributed by atoms with E-state index in [-0.39, 0.29) is 17.8 Å². The second-order valence-electron chi connectivity index (χ2n) is 4.13. The Hall–Kier alpha value is -2.44. The largest absolute Gasteiger partial charge is 0.496 e. The summed E-state index contributed by atoms with van der Waals surface area (Å²) in [4.78, 5) is 11.7. The van der Waals surface area contributed by atoms with Crippen LogP contribution in [0.2, 0.25) is 0 Å². The number of tetrazole rings is 1. The molecule has 1 aromatic heterocycles. The number of ether oxygens (including phenoxy) is 1. The Kier molecular flexibility index (Phi) is 4.07. The molecule has 0 aliphatic heterocycles. The van der Waals surface area contributed by atoms with Crippen molar-refractivity contribution in [2.45, 2.75) is 19.4 Å². The minimum Gasteiger partial charge on any atom is -0.496 e. The first-order valence-electron chi connectivity index (χ1n) is 5.87. The molecule has 1 aromatic carbocycles. The van der Waals surface area contributed by atoms with Gasteiger partial charge in [-0.2, -0.15) is 5.21 Å². The summed E-state index contributed by atoms with van der Waals surface area (Å²) in [6, 6.07) is 7.64. The molecule has 0 fully saturated rings. The van der Waals surface area contributed by atoms with E-state index in [1.165, 1.54) is 0 Å². The van der Waals surface area contributed by atoms with Gasteiger partial charge in [-0.15, -0.1) is 10.2 Å². The maximum Gasteiger partial charge on any atom is 0.293 e. The van der Waals surface area contributed by atoms with Crippen LogP contribution in [0.4, 0.5) is 0 Å². The van der Waals surface area contributed by atoms with Gasteiger partial charge < -0.3 is 10.1 Å². The Morgan fingerprint density at radius 1 is 1.47 bits per heavy atom. The topological polar surface area (TPSA) is 92.8 Å². The highest BCUT2D eigenvalue weighted by Crippen LogP contribution is 2.18. The second kappa shape index (κ2) is 5.94. The van der Waals surface area contributed by atoms with Crippen LogP contribution in [0.3, 0.4) is 0 Å². The van der Waals surface area contributed by atoms with Crippen LogP contribution in [-0.2, 0) is 6.42 Å². The molecule has 1 amide bonds. The molecule has 0 bridgehead atoms. The van der Waals surface area contributed by atoms with Gasteiger partial charge in [-0.25, -0.2) is 0 Å². The smallest absolute Gasteiger partial charge is 0.293 e. The molecule has 0 saturated heterocycles. The molecule has 2 N–H and O–H groups in total. The lowest BCUT2D eigenvalue weighted by molar-refractivity contribution is 0.0929. The van der Waals surface area contributed by atoms with E-state index in [0.717, 1.165) is 11.3 Å². The van der Waals surface area contributed by atoms with Gasteiger partial charge in [0.15, 0.2) is 0 Å². The summed E-state index contributed by atoms with van der Waals surface area (Å²) in [6.45, 7) is 1.91. The lowest BCUT2D eigenvalue weighted by Gasteiger charge is -2.14. The van der Waals surface area contributed by atoms with Gasteiger partial charge in [0, 0.05) is 6.04 Å². The summed E-state index contributed by atoms with van der Waals surface area (Å²) in [5.74, 6) is 0.492. The Labute approximate surface area is 110 Å². The summed E-state index contributed by atoms with van der Waals surface area (Å²) in [5.41, 5.74) is 1.03. The van der Waals surface area contributed by atoms with Crippen molar-refractivity contribution in [1.29, 1.82) is 0 Å². The van der Waals surface area contributed by atoms with Crippen molar-refractivity contribution in [3.05, 3.63) is 35.7 Å². The monoisotopic (exact) mass is 261 g/mol. The molecule has 0 saturated carbocycles. The third kappa shape index (κ3) is 3.27. The Bertz CT molecular complexity index is 541. The van der Waals surface area contributed by atoms with Crippen molar-refractivity contribution < 1.29 is 9.53 Å². The molecule has 0 aliphatic rings. The lowest BCUT2D eigenvalue weighted by atomic mass is 10.1. The number of rotatable bonds is 5. The van der Waals surface area contributed by atoms with Crippen molar-refractivity contribution in [1.82, 2.24) is 25.9 Å². The maximum atomic E-state index is 11.7. The first-order chi connectivity index (χ1) is 9.20. The zero-order valence-electron chi connectivity index (χ0n) is 10.8. The van der Waals surface area contributed by atoms with E-state index in [2.05, 4.69) is 25.9 Å². The van der Waals surface area contributed by atoms with Crippen LogP contribution in [0.1, 0.15) is 23.1 Å². The Morgan fingerprint density at radius 2 is 2.26 bits per heavy atom. The van der Waals surface area contributed by atoms with Crippen molar-refractivity contribution >= 4 is 5.91 Å². The zero-order valence-corrected chi connectivity index (χ0v) is 10.8. The molecule has 0 radical (unpaired) electrons. The van der Waals surface area contributed by atoms with Crippen LogP contribution >= 0.6 is 0 Å². The predicted molar refractivity (Wildman–Crippen MR) is 67.8 cm³/mol. The molecule has 1 heterocycles. The maximum absolute atomic E-state index is 11.7. The number of nitrogens with zero attached hydrogens (tertiary/aromatic N) is 3. The van der Waals surface area contributed by atoms with Crippen LogP contribution in [0, 0.1) is 0 Å². The number of amides is 1. The minimum absolute atomic E-state index is 0.0341. The fourth-order valence-electron chi connectivity index (χ4n) is 1.80. The first kappa shape index (κ1) is 13.0. The van der Waals surface area contributed by atoms with Crippen LogP contribution in [0.5, 0.6) is 5.75 Å². The molecule has 7 heteroatoms. The second-order valence-corrected chi connectivity index (χ2v) is 4.13. The molecule has 2 rings (SSSR count). The lowest BCUT2D eigenvalue weighted by Crippen LogP contribution is -2.34. The SMILES string of the molecule is COc1ccccc1CC(C)NC(=O)c1nn[nH]n1. The van der Waals surface area contributed by atoms with E-state index in [0.29, 0.717) is 6.42 Å². The molecule has 0 aliphatic carbocycles. The summed E-state index contributed by atoms with van der Waals surface area (Å²) < 4.78 is 5.27. The number of methoxy groups -OCH3 is 1. The predicted octanol–water partition coefficient (Wildman–Crippen LogP) is 0.569. The number of aromatic nitrogens is 4. The summed E-state index contributed by atoms with van der Waals surface area (Å²) in [5, 5.41) is 15.6. The highest BCUT2D eigenvalue weighted by molar-refractivity contribution is 5.90. The normalized spacial score (nSPS) is 11.9. The van der Waals surface area contributed by atoms with Gasteiger partial charge in [0.1, 0.15) is 5.75 Å². The van der Waals surface area contributed by atoms with Crippen LogP contribution < -0.4 is 10.1 Å². The number of hydrogen-bond acceptors (Lipinski definition) is 5. The molecular formula is C12H15N5O2. The van der Waals surface area contributed by atoms with Gasteiger partial charge in [0.25, 0.3) is 11.7 Å². The van der Waals surface area contributed by atoms with Crippen LogP contribution in [-0.4, -0.2) is 39.7 Å². The average Bonchev–Trinajstić information content (AvgIpc) is 2.93. The third-order valence-corrected chi connectivity index (χ3v) is 2.64. The standard InChI is InChI=1S/C12H15N5O2/c1-8(13-12(18)11-14-16-17-15-11)7-9-5-3-4-6-10(9)19-2/h3-6,8H,7H2,1-2H3,(H,13,18)(H,14,15,16,17). The molecular weight excluding hydrogens is 246 g/mol. The number of carbonyl (C=O) groups is 1. The number of H-pyrrole nitrogens is 1. The fraction of sp³-hybridized carbons (Fsp3) is 0.333. The van der Waals surface area contributed by atoms with Crippen molar-refractivity contribution in [2.24, 2.45) is 0 Å². The summed E-state index contributed by atoms with van der Waals surface area (Å²) in [6.07, 6.45) is 0.660. The molecule has 19 heavy (non-hydrogen) atoms. The number of benzene rings is 1. The summed E-state index contributed by atoms with van der Waals surface area (Å²) in [7, 11) is 1.63. The zero-order chi connectivity index (χ0) is 13.7. The molecule has 2 aromatic rings. The highest BCUT2D eigenvalue weighted by atomic mass is 16.5. The first-order valence-corrected chi connectivity index (χ1v) is 5.87. The van der Waals surface area contributed by atoms with Crippen molar-refractivity contribution in [3.8, 4) is 5.75 Å². The van der Waals surface area contributed by atoms with E-state index in [1.807, 2.05) is 31.2 Å². The van der Waals surface area contributed by atoms with Gasteiger partial charge in [-0.3, -0.25) is 4.79 Å². The van der Waals surface area contributed by atoms with Gasteiger partial charge in [-0.1, -0.05) is 18.2 Å². The van der Waals surface area contributed by atoms with Crippen molar-refractivity contribution in [3.63, 3.8) is 0 Å². The van der Waals surface area contributed by atoms with E-state index in [4.69, 9.17) is 4.74 Å². The number of aromatic amines is 1.